The van der Waals surface area contributed by atoms with E-state index in [1.165, 1.54) is 6.07 Å². The summed E-state index contributed by atoms with van der Waals surface area (Å²) in [5.41, 5.74) is 3.24. The van der Waals surface area contributed by atoms with Gasteiger partial charge in [-0.1, -0.05) is 23.8 Å². The first-order chi connectivity index (χ1) is 10.2. The van der Waals surface area contributed by atoms with E-state index in [0.29, 0.717) is 0 Å². The van der Waals surface area contributed by atoms with Crippen LogP contribution in [0.25, 0.3) is 0 Å². The van der Waals surface area contributed by atoms with E-state index in [4.69, 9.17) is 0 Å². The molecule has 2 aromatic rings. The molecule has 0 bridgehead atoms. The van der Waals surface area contributed by atoms with Gasteiger partial charge >= 0.3 is 0 Å². The molecule has 0 aliphatic carbocycles. The number of sulfone groups is 1. The standard InChI is InChI=1S/C16H19NO3S2/c1-10-5-6-11(2)13(9-10)12(3)17-16(18)15-14(7-8-21-15)22(4,19)20/h5-9,12H,1-4H3,(H,17,18)/t12-/m1/s1. The number of carbonyl (C=O) groups is 1. The second-order valence-corrected chi connectivity index (χ2v) is 8.34. The summed E-state index contributed by atoms with van der Waals surface area (Å²) >= 11 is 1.14. The fraction of sp³-hybridized carbons (Fsp3) is 0.312. The van der Waals surface area contributed by atoms with Crippen molar-refractivity contribution in [3.05, 3.63) is 51.2 Å². The van der Waals surface area contributed by atoms with E-state index in [1.54, 1.807) is 5.38 Å². The van der Waals surface area contributed by atoms with Gasteiger partial charge in [0.05, 0.1) is 10.9 Å². The maximum atomic E-state index is 12.4. The van der Waals surface area contributed by atoms with Crippen LogP contribution in [0.1, 0.15) is 39.3 Å². The van der Waals surface area contributed by atoms with Gasteiger partial charge in [-0.25, -0.2) is 8.42 Å². The van der Waals surface area contributed by atoms with Crippen LogP contribution >= 0.6 is 11.3 Å². The molecule has 0 saturated carbocycles. The number of hydrogen-bond donors (Lipinski definition) is 1. The van der Waals surface area contributed by atoms with E-state index >= 15 is 0 Å². The Labute approximate surface area is 135 Å². The molecule has 0 aliphatic heterocycles. The molecule has 0 fully saturated rings. The zero-order valence-electron chi connectivity index (χ0n) is 13.0. The molecule has 4 nitrogen and oxygen atoms in total. The lowest BCUT2D eigenvalue weighted by atomic mass is 10.00. The number of aryl methyl sites for hydroxylation is 2. The van der Waals surface area contributed by atoms with Crippen molar-refractivity contribution in [3.8, 4) is 0 Å². The van der Waals surface area contributed by atoms with E-state index in [1.807, 2.05) is 39.0 Å². The topological polar surface area (TPSA) is 63.2 Å². The van der Waals surface area contributed by atoms with E-state index in [-0.39, 0.29) is 21.7 Å². The summed E-state index contributed by atoms with van der Waals surface area (Å²) in [6.07, 6.45) is 1.11. The second kappa shape index (κ2) is 6.22. The van der Waals surface area contributed by atoms with Crippen molar-refractivity contribution in [3.63, 3.8) is 0 Å². The Hall–Kier alpha value is -1.66. The van der Waals surface area contributed by atoms with Crippen LogP contribution in [-0.4, -0.2) is 20.6 Å². The lowest BCUT2D eigenvalue weighted by molar-refractivity contribution is 0.0941. The van der Waals surface area contributed by atoms with Crippen molar-refractivity contribution < 1.29 is 13.2 Å². The van der Waals surface area contributed by atoms with Gasteiger partial charge < -0.3 is 5.32 Å². The second-order valence-electron chi connectivity index (χ2n) is 5.44. The van der Waals surface area contributed by atoms with Crippen LogP contribution in [0.2, 0.25) is 0 Å². The van der Waals surface area contributed by atoms with Crippen molar-refractivity contribution in [1.29, 1.82) is 0 Å². The van der Waals surface area contributed by atoms with Crippen molar-refractivity contribution in [1.82, 2.24) is 5.32 Å². The van der Waals surface area contributed by atoms with E-state index in [2.05, 4.69) is 5.32 Å². The molecule has 0 aliphatic rings. The number of benzene rings is 1. The van der Waals surface area contributed by atoms with Crippen LogP contribution < -0.4 is 5.32 Å². The highest BCUT2D eigenvalue weighted by Gasteiger charge is 2.22. The average Bonchev–Trinajstić information content (AvgIpc) is 2.90. The van der Waals surface area contributed by atoms with E-state index < -0.39 is 9.84 Å². The fourth-order valence-electron chi connectivity index (χ4n) is 2.32. The molecular formula is C16H19NO3S2. The first kappa shape index (κ1) is 16.7. The molecule has 0 unspecified atom stereocenters. The maximum absolute atomic E-state index is 12.4. The predicted octanol–water partition coefficient (Wildman–Crippen LogP) is 3.26. The smallest absolute Gasteiger partial charge is 0.263 e. The summed E-state index contributed by atoms with van der Waals surface area (Å²) in [5.74, 6) is -0.358. The zero-order valence-corrected chi connectivity index (χ0v) is 14.6. The summed E-state index contributed by atoms with van der Waals surface area (Å²) in [4.78, 5) is 12.7. The van der Waals surface area contributed by atoms with Gasteiger partial charge in [-0.2, -0.15) is 0 Å². The average molecular weight is 337 g/mol. The normalized spacial score (nSPS) is 12.9. The Bertz CT molecular complexity index is 807. The Morgan fingerprint density at radius 3 is 2.55 bits per heavy atom. The molecule has 1 amide bonds. The van der Waals surface area contributed by atoms with Crippen LogP contribution in [0.5, 0.6) is 0 Å². The molecule has 1 N–H and O–H groups in total. The molecule has 6 heteroatoms. The van der Waals surface area contributed by atoms with Gasteiger partial charge in [0.2, 0.25) is 0 Å². The highest BCUT2D eigenvalue weighted by Crippen LogP contribution is 2.24. The Morgan fingerprint density at radius 1 is 1.23 bits per heavy atom. The number of thiophene rings is 1. The fourth-order valence-corrected chi connectivity index (χ4v) is 4.44. The maximum Gasteiger partial charge on any atom is 0.263 e. The number of hydrogen-bond acceptors (Lipinski definition) is 4. The summed E-state index contributed by atoms with van der Waals surface area (Å²) in [7, 11) is -3.40. The molecule has 1 atom stereocenters. The molecule has 0 spiro atoms. The SMILES string of the molecule is Cc1ccc(C)c([C@@H](C)NC(=O)c2sccc2S(C)(=O)=O)c1. The minimum atomic E-state index is -3.40. The van der Waals surface area contributed by atoms with Crippen LogP contribution in [-0.2, 0) is 9.84 Å². The molecule has 1 heterocycles. The minimum Gasteiger partial charge on any atom is -0.345 e. The molecule has 0 radical (unpaired) electrons. The van der Waals surface area contributed by atoms with Crippen LogP contribution in [0.4, 0.5) is 0 Å². The third kappa shape index (κ3) is 3.56. The Morgan fingerprint density at radius 2 is 1.91 bits per heavy atom. The first-order valence-corrected chi connectivity index (χ1v) is 9.63. The molecule has 0 saturated heterocycles. The van der Waals surface area contributed by atoms with Crippen molar-refractivity contribution in [2.24, 2.45) is 0 Å². The van der Waals surface area contributed by atoms with Gasteiger partial charge in [-0.05, 0) is 43.3 Å². The summed E-state index contributed by atoms with van der Waals surface area (Å²) < 4.78 is 23.4. The molecule has 1 aromatic heterocycles. The third-order valence-corrected chi connectivity index (χ3v) is 5.67. The van der Waals surface area contributed by atoms with Crippen molar-refractivity contribution in [2.45, 2.75) is 31.7 Å². The predicted molar refractivity (Wildman–Crippen MR) is 89.2 cm³/mol. The van der Waals surface area contributed by atoms with Crippen LogP contribution in [0, 0.1) is 13.8 Å². The Kier molecular flexibility index (Phi) is 4.72. The quantitative estimate of drug-likeness (QED) is 0.931. The number of amides is 1. The van der Waals surface area contributed by atoms with Gasteiger partial charge in [0.25, 0.3) is 5.91 Å². The van der Waals surface area contributed by atoms with Crippen molar-refractivity contribution >= 4 is 27.1 Å². The van der Waals surface area contributed by atoms with Crippen LogP contribution in [0.15, 0.2) is 34.5 Å². The minimum absolute atomic E-state index is 0.0863. The summed E-state index contributed by atoms with van der Waals surface area (Å²) in [5, 5.41) is 4.51. The van der Waals surface area contributed by atoms with E-state index in [9.17, 15) is 13.2 Å². The third-order valence-electron chi connectivity index (χ3n) is 3.48. The summed E-state index contributed by atoms with van der Waals surface area (Å²) in [6.45, 7) is 5.89. The van der Waals surface area contributed by atoms with Gasteiger partial charge in [0.1, 0.15) is 4.88 Å². The largest absolute Gasteiger partial charge is 0.345 e. The van der Waals surface area contributed by atoms with Gasteiger partial charge in [-0.3, -0.25) is 4.79 Å². The monoisotopic (exact) mass is 337 g/mol. The van der Waals surface area contributed by atoms with Gasteiger partial charge in [0, 0.05) is 6.26 Å². The summed E-state index contributed by atoms with van der Waals surface area (Å²) in [6, 6.07) is 7.35. The highest BCUT2D eigenvalue weighted by atomic mass is 32.2. The molecule has 22 heavy (non-hydrogen) atoms. The zero-order chi connectivity index (χ0) is 16.5. The molecule has 118 valence electrons. The lowest BCUT2D eigenvalue weighted by Crippen LogP contribution is -2.27. The molecule has 2 rings (SSSR count). The Balaban J connectivity index is 2.26. The number of carbonyl (C=O) groups excluding carboxylic acids is 1. The molecule has 1 aromatic carbocycles. The first-order valence-electron chi connectivity index (χ1n) is 6.85. The van der Waals surface area contributed by atoms with Crippen molar-refractivity contribution in [2.75, 3.05) is 6.26 Å². The lowest BCUT2D eigenvalue weighted by Gasteiger charge is -2.17. The van der Waals surface area contributed by atoms with Gasteiger partial charge in [-0.15, -0.1) is 11.3 Å². The number of rotatable bonds is 4. The van der Waals surface area contributed by atoms with Gasteiger partial charge in [0.15, 0.2) is 9.84 Å². The van der Waals surface area contributed by atoms with E-state index in [0.717, 1.165) is 34.3 Å². The van der Waals surface area contributed by atoms with Crippen LogP contribution in [0.3, 0.4) is 0 Å². The number of nitrogens with one attached hydrogen (secondary N) is 1. The molecular weight excluding hydrogens is 318 g/mol. The highest BCUT2D eigenvalue weighted by molar-refractivity contribution is 7.91.